The standard InChI is InChI=1S/C16H14FNO2/c1-19-14-7-2-3-8-15(14)20-10-12-9-11-5-4-6-13(17)16(11)18-12/h2-9,18H,10H2,1H3. The maximum Gasteiger partial charge on any atom is 0.161 e. The van der Waals surface area contributed by atoms with Gasteiger partial charge in [-0.1, -0.05) is 24.3 Å². The van der Waals surface area contributed by atoms with E-state index in [0.717, 1.165) is 11.1 Å². The van der Waals surface area contributed by atoms with E-state index in [1.165, 1.54) is 6.07 Å². The van der Waals surface area contributed by atoms with Crippen LogP contribution >= 0.6 is 0 Å². The van der Waals surface area contributed by atoms with Crippen LogP contribution in [0.25, 0.3) is 10.9 Å². The number of hydrogen-bond donors (Lipinski definition) is 1. The zero-order valence-electron chi connectivity index (χ0n) is 11.0. The lowest BCUT2D eigenvalue weighted by Crippen LogP contribution is -1.97. The summed E-state index contributed by atoms with van der Waals surface area (Å²) in [5, 5.41) is 0.837. The molecule has 0 radical (unpaired) electrons. The molecule has 0 atom stereocenters. The van der Waals surface area contributed by atoms with E-state index < -0.39 is 0 Å². The Hall–Kier alpha value is -2.49. The topological polar surface area (TPSA) is 34.2 Å². The quantitative estimate of drug-likeness (QED) is 0.781. The van der Waals surface area contributed by atoms with E-state index in [2.05, 4.69) is 4.98 Å². The molecule has 3 aromatic rings. The molecule has 4 heteroatoms. The van der Waals surface area contributed by atoms with Gasteiger partial charge in [0, 0.05) is 5.39 Å². The van der Waals surface area contributed by atoms with Crippen molar-refractivity contribution in [1.29, 1.82) is 0 Å². The molecule has 1 aromatic heterocycles. The van der Waals surface area contributed by atoms with Crippen LogP contribution in [0.5, 0.6) is 11.5 Å². The van der Waals surface area contributed by atoms with Gasteiger partial charge in [0.2, 0.25) is 0 Å². The third-order valence-corrected chi connectivity index (χ3v) is 3.11. The highest BCUT2D eigenvalue weighted by Gasteiger charge is 2.07. The number of ether oxygens (including phenoxy) is 2. The summed E-state index contributed by atoms with van der Waals surface area (Å²) < 4.78 is 24.5. The van der Waals surface area contributed by atoms with Crippen molar-refractivity contribution in [1.82, 2.24) is 4.98 Å². The number of benzene rings is 2. The molecular formula is C16H14FNO2. The normalized spacial score (nSPS) is 10.7. The molecule has 3 rings (SSSR count). The summed E-state index contributed by atoms with van der Waals surface area (Å²) >= 11 is 0. The number of hydrogen-bond acceptors (Lipinski definition) is 2. The van der Waals surface area contributed by atoms with Crippen molar-refractivity contribution in [3.8, 4) is 11.5 Å². The molecule has 102 valence electrons. The van der Waals surface area contributed by atoms with Gasteiger partial charge in [0.15, 0.2) is 11.5 Å². The van der Waals surface area contributed by atoms with E-state index in [4.69, 9.17) is 9.47 Å². The van der Waals surface area contributed by atoms with E-state index in [9.17, 15) is 4.39 Å². The molecule has 0 aliphatic heterocycles. The van der Waals surface area contributed by atoms with Gasteiger partial charge in [-0.05, 0) is 24.3 Å². The molecule has 0 amide bonds. The lowest BCUT2D eigenvalue weighted by Gasteiger charge is -2.09. The number of rotatable bonds is 4. The Kier molecular flexibility index (Phi) is 3.29. The van der Waals surface area contributed by atoms with Gasteiger partial charge >= 0.3 is 0 Å². The molecule has 0 spiro atoms. The second kappa shape index (κ2) is 5.25. The van der Waals surface area contributed by atoms with Gasteiger partial charge in [0.1, 0.15) is 12.4 Å². The summed E-state index contributed by atoms with van der Waals surface area (Å²) in [5.41, 5.74) is 1.32. The average Bonchev–Trinajstić information content (AvgIpc) is 2.90. The summed E-state index contributed by atoms with van der Waals surface area (Å²) in [6.45, 7) is 0.328. The first kappa shape index (κ1) is 12.5. The van der Waals surface area contributed by atoms with Crippen LogP contribution in [0.15, 0.2) is 48.5 Å². The van der Waals surface area contributed by atoms with Gasteiger partial charge in [-0.2, -0.15) is 0 Å². The predicted molar refractivity (Wildman–Crippen MR) is 75.6 cm³/mol. The van der Waals surface area contributed by atoms with E-state index in [1.807, 2.05) is 36.4 Å². The molecule has 20 heavy (non-hydrogen) atoms. The van der Waals surface area contributed by atoms with Gasteiger partial charge in [0.25, 0.3) is 0 Å². The van der Waals surface area contributed by atoms with Gasteiger partial charge < -0.3 is 14.5 Å². The van der Waals surface area contributed by atoms with Crippen LogP contribution in [0.2, 0.25) is 0 Å². The molecule has 0 aliphatic rings. The third kappa shape index (κ3) is 2.32. The first-order valence-corrected chi connectivity index (χ1v) is 6.30. The van der Waals surface area contributed by atoms with Crippen LogP contribution in [-0.2, 0) is 6.61 Å². The Morgan fingerprint density at radius 3 is 2.60 bits per heavy atom. The molecule has 0 bridgehead atoms. The number of methoxy groups -OCH3 is 1. The van der Waals surface area contributed by atoms with Crippen LogP contribution in [0.1, 0.15) is 5.69 Å². The molecule has 0 aliphatic carbocycles. The van der Waals surface area contributed by atoms with Crippen molar-refractivity contribution in [2.45, 2.75) is 6.61 Å². The lowest BCUT2D eigenvalue weighted by atomic mass is 10.2. The molecule has 3 nitrogen and oxygen atoms in total. The smallest absolute Gasteiger partial charge is 0.161 e. The number of fused-ring (bicyclic) bond motifs is 1. The Labute approximate surface area is 116 Å². The monoisotopic (exact) mass is 271 g/mol. The van der Waals surface area contributed by atoms with E-state index in [0.29, 0.717) is 23.6 Å². The average molecular weight is 271 g/mol. The fraction of sp³-hybridized carbons (Fsp3) is 0.125. The minimum absolute atomic E-state index is 0.258. The zero-order valence-corrected chi connectivity index (χ0v) is 11.0. The largest absolute Gasteiger partial charge is 0.493 e. The highest BCUT2D eigenvalue weighted by molar-refractivity contribution is 5.80. The first-order chi connectivity index (χ1) is 9.78. The van der Waals surface area contributed by atoms with E-state index >= 15 is 0 Å². The minimum Gasteiger partial charge on any atom is -0.493 e. The third-order valence-electron chi connectivity index (χ3n) is 3.11. The van der Waals surface area contributed by atoms with Crippen LogP contribution in [0, 0.1) is 5.82 Å². The summed E-state index contributed by atoms with van der Waals surface area (Å²) in [6, 6.07) is 14.3. The summed E-state index contributed by atoms with van der Waals surface area (Å²) in [6.07, 6.45) is 0. The number of halogens is 1. The molecular weight excluding hydrogens is 257 g/mol. The van der Waals surface area contributed by atoms with Gasteiger partial charge in [-0.3, -0.25) is 0 Å². The molecule has 1 heterocycles. The second-order valence-electron chi connectivity index (χ2n) is 4.44. The molecule has 2 aromatic carbocycles. The number of H-pyrrole nitrogens is 1. The number of nitrogens with one attached hydrogen (secondary N) is 1. The number of aromatic amines is 1. The molecule has 0 saturated heterocycles. The Morgan fingerprint density at radius 1 is 1.05 bits per heavy atom. The Bertz CT molecular complexity index is 736. The zero-order chi connectivity index (χ0) is 13.9. The van der Waals surface area contributed by atoms with Crippen molar-refractivity contribution in [2.24, 2.45) is 0 Å². The SMILES string of the molecule is COc1ccccc1OCc1cc2cccc(F)c2[nH]1. The van der Waals surface area contributed by atoms with Gasteiger partial charge in [-0.15, -0.1) is 0 Å². The maximum atomic E-state index is 13.6. The lowest BCUT2D eigenvalue weighted by molar-refractivity contribution is 0.281. The Balaban J connectivity index is 1.82. The van der Waals surface area contributed by atoms with Crippen LogP contribution < -0.4 is 9.47 Å². The predicted octanol–water partition coefficient (Wildman–Crippen LogP) is 3.89. The summed E-state index contributed by atoms with van der Waals surface area (Å²) in [7, 11) is 1.60. The number of aromatic nitrogens is 1. The van der Waals surface area contributed by atoms with Crippen molar-refractivity contribution < 1.29 is 13.9 Å². The van der Waals surface area contributed by atoms with E-state index in [1.54, 1.807) is 13.2 Å². The van der Waals surface area contributed by atoms with Crippen LogP contribution in [0.3, 0.4) is 0 Å². The highest BCUT2D eigenvalue weighted by Crippen LogP contribution is 2.27. The van der Waals surface area contributed by atoms with Crippen molar-refractivity contribution >= 4 is 10.9 Å². The van der Waals surface area contributed by atoms with Crippen LogP contribution in [0.4, 0.5) is 4.39 Å². The fourth-order valence-electron chi connectivity index (χ4n) is 2.15. The minimum atomic E-state index is -0.258. The van der Waals surface area contributed by atoms with Gasteiger partial charge in [-0.25, -0.2) is 4.39 Å². The fourth-order valence-corrected chi connectivity index (χ4v) is 2.15. The van der Waals surface area contributed by atoms with Crippen molar-refractivity contribution in [3.05, 3.63) is 60.0 Å². The first-order valence-electron chi connectivity index (χ1n) is 6.30. The van der Waals surface area contributed by atoms with E-state index in [-0.39, 0.29) is 5.82 Å². The summed E-state index contributed by atoms with van der Waals surface area (Å²) in [4.78, 5) is 3.03. The van der Waals surface area contributed by atoms with Crippen LogP contribution in [-0.4, -0.2) is 12.1 Å². The second-order valence-corrected chi connectivity index (χ2v) is 4.44. The van der Waals surface area contributed by atoms with Crippen molar-refractivity contribution in [2.75, 3.05) is 7.11 Å². The molecule has 1 N–H and O–H groups in total. The Morgan fingerprint density at radius 2 is 1.85 bits per heavy atom. The highest BCUT2D eigenvalue weighted by atomic mass is 19.1. The van der Waals surface area contributed by atoms with Gasteiger partial charge in [0.05, 0.1) is 18.3 Å². The molecule has 0 unspecified atom stereocenters. The number of para-hydroxylation sites is 3. The molecule has 0 fully saturated rings. The maximum absolute atomic E-state index is 13.6. The van der Waals surface area contributed by atoms with Crippen molar-refractivity contribution in [3.63, 3.8) is 0 Å². The molecule has 0 saturated carbocycles. The summed E-state index contributed by atoms with van der Waals surface area (Å²) in [5.74, 6) is 1.08.